The van der Waals surface area contributed by atoms with E-state index in [2.05, 4.69) is 41.4 Å². The maximum Gasteiger partial charge on any atom is 0.321 e. The van der Waals surface area contributed by atoms with Gasteiger partial charge in [-0.15, -0.1) is 0 Å². The molecular weight excluding hydrogens is 326 g/mol. The summed E-state index contributed by atoms with van der Waals surface area (Å²) in [5, 5.41) is 2.99. The molecule has 0 spiro atoms. The summed E-state index contributed by atoms with van der Waals surface area (Å²) in [5.74, 6) is 0.877. The Bertz CT molecular complexity index is 705. The van der Waals surface area contributed by atoms with Crippen LogP contribution in [0.3, 0.4) is 0 Å². The summed E-state index contributed by atoms with van der Waals surface area (Å²) in [6, 6.07) is 16.2. The first-order valence-electron chi connectivity index (χ1n) is 9.18. The summed E-state index contributed by atoms with van der Waals surface area (Å²) < 4.78 is 5.20. The fourth-order valence-electron chi connectivity index (χ4n) is 3.12. The maximum atomic E-state index is 12.4. The first-order chi connectivity index (χ1) is 12.7. The van der Waals surface area contributed by atoms with Crippen molar-refractivity contribution in [3.05, 3.63) is 59.7 Å². The third kappa shape index (κ3) is 4.76. The Morgan fingerprint density at radius 1 is 0.962 bits per heavy atom. The van der Waals surface area contributed by atoms with Gasteiger partial charge in [0.15, 0.2) is 0 Å². The second-order valence-corrected chi connectivity index (χ2v) is 6.59. The molecule has 2 aromatic rings. The molecule has 1 aliphatic rings. The number of benzene rings is 2. The van der Waals surface area contributed by atoms with Crippen molar-refractivity contribution in [3.63, 3.8) is 0 Å². The van der Waals surface area contributed by atoms with Crippen LogP contribution in [0.1, 0.15) is 18.1 Å². The van der Waals surface area contributed by atoms with Gasteiger partial charge in [-0.25, -0.2) is 4.79 Å². The van der Waals surface area contributed by atoms with Crippen LogP contribution in [0.5, 0.6) is 5.75 Å². The van der Waals surface area contributed by atoms with Crippen LogP contribution < -0.4 is 10.1 Å². The molecule has 5 heteroatoms. The molecule has 0 radical (unpaired) electrons. The Labute approximate surface area is 155 Å². The monoisotopic (exact) mass is 353 g/mol. The highest BCUT2D eigenvalue weighted by molar-refractivity contribution is 5.89. The van der Waals surface area contributed by atoms with E-state index in [0.29, 0.717) is 0 Å². The molecule has 1 heterocycles. The number of methoxy groups -OCH3 is 1. The molecule has 138 valence electrons. The number of hydrogen-bond acceptors (Lipinski definition) is 3. The lowest BCUT2D eigenvalue weighted by atomic mass is 10.1. The van der Waals surface area contributed by atoms with Crippen LogP contribution in [0.2, 0.25) is 0 Å². The second kappa shape index (κ2) is 8.72. The highest BCUT2D eigenvalue weighted by atomic mass is 16.5. The topological polar surface area (TPSA) is 44.8 Å². The number of carbonyl (C=O) groups excluding carboxylic acids is 1. The summed E-state index contributed by atoms with van der Waals surface area (Å²) in [4.78, 5) is 16.7. The number of amides is 2. The first-order valence-corrected chi connectivity index (χ1v) is 9.18. The Morgan fingerprint density at radius 2 is 1.58 bits per heavy atom. The summed E-state index contributed by atoms with van der Waals surface area (Å²) in [6.07, 6.45) is 1.00. The molecule has 0 aliphatic carbocycles. The smallest absolute Gasteiger partial charge is 0.321 e. The van der Waals surface area contributed by atoms with Crippen LogP contribution in [-0.4, -0.2) is 49.1 Å². The zero-order chi connectivity index (χ0) is 18.4. The summed E-state index contributed by atoms with van der Waals surface area (Å²) >= 11 is 0. The maximum absolute atomic E-state index is 12.4. The number of ether oxygens (including phenoxy) is 1. The number of anilines is 1. The molecule has 1 aliphatic heterocycles. The van der Waals surface area contributed by atoms with Gasteiger partial charge < -0.3 is 15.0 Å². The van der Waals surface area contributed by atoms with Gasteiger partial charge in [-0.2, -0.15) is 0 Å². The molecule has 0 bridgehead atoms. The van der Waals surface area contributed by atoms with Crippen molar-refractivity contribution in [1.82, 2.24) is 9.80 Å². The van der Waals surface area contributed by atoms with E-state index in [9.17, 15) is 4.79 Å². The van der Waals surface area contributed by atoms with Gasteiger partial charge in [0, 0.05) is 38.4 Å². The van der Waals surface area contributed by atoms with Crippen LogP contribution in [0.4, 0.5) is 10.5 Å². The van der Waals surface area contributed by atoms with E-state index in [1.165, 1.54) is 11.1 Å². The fourth-order valence-corrected chi connectivity index (χ4v) is 3.12. The zero-order valence-corrected chi connectivity index (χ0v) is 15.6. The molecule has 2 amide bonds. The van der Waals surface area contributed by atoms with E-state index in [1.807, 2.05) is 29.2 Å². The first kappa shape index (κ1) is 18.3. The molecule has 0 unspecified atom stereocenters. The highest BCUT2D eigenvalue weighted by Crippen LogP contribution is 2.15. The summed E-state index contributed by atoms with van der Waals surface area (Å²) in [7, 11) is 1.68. The lowest BCUT2D eigenvalue weighted by Gasteiger charge is -2.34. The predicted molar refractivity (Wildman–Crippen MR) is 105 cm³/mol. The van der Waals surface area contributed by atoms with Crippen LogP contribution in [0.15, 0.2) is 48.5 Å². The van der Waals surface area contributed by atoms with Gasteiger partial charge in [0.2, 0.25) is 0 Å². The average molecular weight is 353 g/mol. The van der Waals surface area contributed by atoms with Crippen LogP contribution in [0.25, 0.3) is 0 Å². The fraction of sp³-hybridized carbons (Fsp3) is 0.381. The van der Waals surface area contributed by atoms with E-state index in [4.69, 9.17) is 4.74 Å². The number of nitrogens with one attached hydrogen (secondary N) is 1. The Hall–Kier alpha value is -2.53. The van der Waals surface area contributed by atoms with E-state index in [-0.39, 0.29) is 6.03 Å². The van der Waals surface area contributed by atoms with Gasteiger partial charge in [-0.05, 0) is 41.8 Å². The molecule has 1 saturated heterocycles. The number of urea groups is 1. The SMILES string of the molecule is CCc1ccc(NC(=O)N2CCN(Cc3ccc(OC)cc3)CC2)cc1. The third-order valence-corrected chi connectivity index (χ3v) is 4.84. The lowest BCUT2D eigenvalue weighted by molar-refractivity contribution is 0.143. The number of hydrogen-bond donors (Lipinski definition) is 1. The van der Waals surface area contributed by atoms with Crippen molar-refractivity contribution >= 4 is 11.7 Å². The minimum absolute atomic E-state index is 0.0154. The van der Waals surface area contributed by atoms with E-state index in [0.717, 1.165) is 50.6 Å². The van der Waals surface area contributed by atoms with E-state index in [1.54, 1.807) is 7.11 Å². The van der Waals surface area contributed by atoms with E-state index < -0.39 is 0 Å². The Balaban J connectivity index is 1.46. The minimum atomic E-state index is -0.0154. The van der Waals surface area contributed by atoms with Crippen LogP contribution in [-0.2, 0) is 13.0 Å². The molecule has 26 heavy (non-hydrogen) atoms. The number of aryl methyl sites for hydroxylation is 1. The van der Waals surface area contributed by atoms with Gasteiger partial charge in [0.25, 0.3) is 0 Å². The lowest BCUT2D eigenvalue weighted by Crippen LogP contribution is -2.49. The van der Waals surface area contributed by atoms with Crippen LogP contribution in [0, 0.1) is 0 Å². The number of nitrogens with zero attached hydrogens (tertiary/aromatic N) is 2. The highest BCUT2D eigenvalue weighted by Gasteiger charge is 2.21. The number of piperazine rings is 1. The normalized spacial score (nSPS) is 14.9. The van der Waals surface area contributed by atoms with Crippen molar-refractivity contribution in [1.29, 1.82) is 0 Å². The molecule has 0 atom stereocenters. The molecular formula is C21H27N3O2. The summed E-state index contributed by atoms with van der Waals surface area (Å²) in [5.41, 5.74) is 3.39. The van der Waals surface area contributed by atoms with Gasteiger partial charge >= 0.3 is 6.03 Å². The number of carbonyl (C=O) groups is 1. The largest absolute Gasteiger partial charge is 0.497 e. The quantitative estimate of drug-likeness (QED) is 0.893. The molecule has 3 rings (SSSR count). The molecule has 2 aromatic carbocycles. The number of rotatable bonds is 5. The van der Waals surface area contributed by atoms with Crippen molar-refractivity contribution in [2.45, 2.75) is 19.9 Å². The Morgan fingerprint density at radius 3 is 2.15 bits per heavy atom. The van der Waals surface area contributed by atoms with Crippen molar-refractivity contribution in [3.8, 4) is 5.75 Å². The predicted octanol–water partition coefficient (Wildman–Crippen LogP) is 3.61. The molecule has 1 fully saturated rings. The summed E-state index contributed by atoms with van der Waals surface area (Å²) in [6.45, 7) is 6.28. The Kier molecular flexibility index (Phi) is 6.12. The standard InChI is InChI=1S/C21H27N3O2/c1-3-17-4-8-19(9-5-17)22-21(25)24-14-12-23(13-15-24)16-18-6-10-20(26-2)11-7-18/h4-11H,3,12-16H2,1-2H3,(H,22,25). The second-order valence-electron chi connectivity index (χ2n) is 6.59. The minimum Gasteiger partial charge on any atom is -0.497 e. The van der Waals surface area contributed by atoms with Gasteiger partial charge in [0.05, 0.1) is 7.11 Å². The van der Waals surface area contributed by atoms with Gasteiger partial charge in [-0.1, -0.05) is 31.2 Å². The zero-order valence-electron chi connectivity index (χ0n) is 15.6. The van der Waals surface area contributed by atoms with Crippen molar-refractivity contribution < 1.29 is 9.53 Å². The van der Waals surface area contributed by atoms with Crippen LogP contribution >= 0.6 is 0 Å². The molecule has 0 saturated carbocycles. The van der Waals surface area contributed by atoms with Gasteiger partial charge in [0.1, 0.15) is 5.75 Å². The molecule has 1 N–H and O–H groups in total. The van der Waals surface area contributed by atoms with Crippen molar-refractivity contribution in [2.24, 2.45) is 0 Å². The molecule has 5 nitrogen and oxygen atoms in total. The average Bonchev–Trinajstić information content (AvgIpc) is 2.69. The van der Waals surface area contributed by atoms with Gasteiger partial charge in [-0.3, -0.25) is 4.90 Å². The third-order valence-electron chi connectivity index (χ3n) is 4.84. The molecule has 0 aromatic heterocycles. The van der Waals surface area contributed by atoms with E-state index >= 15 is 0 Å². The van der Waals surface area contributed by atoms with Crippen molar-refractivity contribution in [2.75, 3.05) is 38.6 Å².